The van der Waals surface area contributed by atoms with Crippen molar-refractivity contribution in [1.29, 1.82) is 0 Å². The van der Waals surface area contributed by atoms with Gasteiger partial charge in [0.05, 0.1) is 6.04 Å². The molecule has 18 heavy (non-hydrogen) atoms. The van der Waals surface area contributed by atoms with Crippen LogP contribution in [0.2, 0.25) is 10.0 Å². The van der Waals surface area contributed by atoms with Gasteiger partial charge in [0.1, 0.15) is 0 Å². The van der Waals surface area contributed by atoms with Crippen LogP contribution in [-0.4, -0.2) is 18.0 Å². The van der Waals surface area contributed by atoms with E-state index >= 15 is 0 Å². The summed E-state index contributed by atoms with van der Waals surface area (Å²) in [6.07, 6.45) is 9.23. The van der Waals surface area contributed by atoms with Gasteiger partial charge in [-0.25, -0.2) is 0 Å². The first-order valence-corrected chi connectivity index (χ1v) is 6.26. The predicted molar refractivity (Wildman–Crippen MR) is 80.0 cm³/mol. The molecule has 0 fully saturated rings. The zero-order valence-electron chi connectivity index (χ0n) is 10.1. The number of hydrogen-bond acceptors (Lipinski definition) is 1. The van der Waals surface area contributed by atoms with E-state index in [1.807, 2.05) is 6.07 Å². The largest absolute Gasteiger partial charge is 0.279 e. The molecule has 1 atom stereocenters. The van der Waals surface area contributed by atoms with Gasteiger partial charge >= 0.3 is 0 Å². The lowest BCUT2D eigenvalue weighted by atomic mass is 10.1. The lowest BCUT2D eigenvalue weighted by Gasteiger charge is -2.26. The summed E-state index contributed by atoms with van der Waals surface area (Å²) in [7, 11) is 0. The summed E-state index contributed by atoms with van der Waals surface area (Å²) in [6, 6.07) is 5.12. The summed E-state index contributed by atoms with van der Waals surface area (Å²) >= 11 is 12.1. The molecule has 3 heteroatoms. The highest BCUT2D eigenvalue weighted by Crippen LogP contribution is 2.29. The molecule has 0 radical (unpaired) electrons. The lowest BCUT2D eigenvalue weighted by Crippen LogP contribution is -2.28. The summed E-state index contributed by atoms with van der Waals surface area (Å²) in [5, 5.41) is 1.17. The molecule has 0 saturated heterocycles. The Bertz CT molecular complexity index is 464. The number of nitrogens with zero attached hydrogens (tertiary/aromatic N) is 1. The third-order valence-corrected chi connectivity index (χ3v) is 3.07. The summed E-state index contributed by atoms with van der Waals surface area (Å²) in [6.45, 7) is 8.79. The molecule has 1 aromatic rings. The first-order chi connectivity index (χ1) is 8.63. The zero-order valence-corrected chi connectivity index (χ0v) is 11.6. The van der Waals surface area contributed by atoms with Crippen LogP contribution < -0.4 is 0 Å². The van der Waals surface area contributed by atoms with Crippen molar-refractivity contribution in [1.82, 2.24) is 4.90 Å². The van der Waals surface area contributed by atoms with E-state index in [4.69, 9.17) is 29.6 Å². The Labute approximate surface area is 119 Å². The summed E-state index contributed by atoms with van der Waals surface area (Å²) < 4.78 is 0. The van der Waals surface area contributed by atoms with Crippen molar-refractivity contribution in [3.8, 4) is 12.3 Å². The number of terminal acetylenes is 1. The van der Waals surface area contributed by atoms with E-state index in [2.05, 4.69) is 24.0 Å². The van der Waals surface area contributed by atoms with E-state index in [0.29, 0.717) is 23.1 Å². The maximum Gasteiger partial charge on any atom is 0.0988 e. The van der Waals surface area contributed by atoms with E-state index < -0.39 is 0 Å². The average Bonchev–Trinajstić information content (AvgIpc) is 2.33. The Kier molecular flexibility index (Phi) is 6.01. The molecule has 0 bridgehead atoms. The molecule has 0 N–H and O–H groups in total. The minimum Gasteiger partial charge on any atom is -0.279 e. The van der Waals surface area contributed by atoms with E-state index in [-0.39, 0.29) is 6.04 Å². The van der Waals surface area contributed by atoms with E-state index in [1.54, 1.807) is 24.3 Å². The van der Waals surface area contributed by atoms with Gasteiger partial charge in [0.15, 0.2) is 0 Å². The van der Waals surface area contributed by atoms with E-state index in [1.165, 1.54) is 0 Å². The van der Waals surface area contributed by atoms with Crippen LogP contribution in [0.3, 0.4) is 0 Å². The van der Waals surface area contributed by atoms with Crippen LogP contribution in [0.5, 0.6) is 0 Å². The smallest absolute Gasteiger partial charge is 0.0988 e. The summed E-state index contributed by atoms with van der Waals surface area (Å²) in [4.78, 5) is 2.05. The van der Waals surface area contributed by atoms with Crippen LogP contribution in [0.15, 0.2) is 43.5 Å². The van der Waals surface area contributed by atoms with Crippen LogP contribution in [0.25, 0.3) is 0 Å². The fourth-order valence-corrected chi connectivity index (χ4v) is 2.24. The molecule has 1 rings (SSSR count). The van der Waals surface area contributed by atoms with Crippen molar-refractivity contribution in [3.05, 3.63) is 59.1 Å². The predicted octanol–water partition coefficient (Wildman–Crippen LogP) is 4.34. The third kappa shape index (κ3) is 3.65. The maximum atomic E-state index is 6.19. The van der Waals surface area contributed by atoms with Gasteiger partial charge in [0, 0.05) is 28.7 Å². The van der Waals surface area contributed by atoms with Crippen LogP contribution >= 0.6 is 23.2 Å². The molecule has 0 aliphatic carbocycles. The molecule has 1 nitrogen and oxygen atoms in total. The fraction of sp³-hybridized carbons (Fsp3) is 0.200. The van der Waals surface area contributed by atoms with E-state index in [9.17, 15) is 0 Å². The Morgan fingerprint density at radius 3 is 2.33 bits per heavy atom. The van der Waals surface area contributed by atoms with Crippen molar-refractivity contribution < 1.29 is 0 Å². The SMILES string of the molecule is C#CC(c1ccc(Cl)cc1Cl)N(CC=C)CC=C. The van der Waals surface area contributed by atoms with Gasteiger partial charge in [-0.2, -0.15) is 0 Å². The highest BCUT2D eigenvalue weighted by Gasteiger charge is 2.18. The molecule has 0 aliphatic rings. The number of hydrogen-bond donors (Lipinski definition) is 0. The second-order valence-corrected chi connectivity index (χ2v) is 4.61. The maximum absolute atomic E-state index is 6.19. The molecular formula is C15H15Cl2N. The minimum absolute atomic E-state index is 0.217. The standard InChI is InChI=1S/C15H15Cl2N/c1-4-9-18(10-5-2)15(6-3)13-8-7-12(16)11-14(13)17/h3-5,7-8,11,15H,1-2,9-10H2. The molecule has 0 aliphatic heterocycles. The van der Waals surface area contributed by atoms with Crippen LogP contribution in [0.1, 0.15) is 11.6 Å². The average molecular weight is 280 g/mol. The number of rotatable bonds is 6. The van der Waals surface area contributed by atoms with E-state index in [0.717, 1.165) is 5.56 Å². The van der Waals surface area contributed by atoms with Gasteiger partial charge in [0.2, 0.25) is 0 Å². The Hall–Kier alpha value is -1.20. The lowest BCUT2D eigenvalue weighted by molar-refractivity contribution is 0.293. The normalized spacial score (nSPS) is 11.9. The quantitative estimate of drug-likeness (QED) is 0.553. The molecule has 0 amide bonds. The fourth-order valence-electron chi connectivity index (χ4n) is 1.73. The summed E-state index contributed by atoms with van der Waals surface area (Å²) in [5.41, 5.74) is 0.868. The first kappa shape index (κ1) is 14.9. The molecule has 1 aromatic carbocycles. The molecule has 0 saturated carbocycles. The first-order valence-electron chi connectivity index (χ1n) is 5.51. The Morgan fingerprint density at radius 2 is 1.89 bits per heavy atom. The molecule has 0 aromatic heterocycles. The van der Waals surface area contributed by atoms with Gasteiger partial charge in [-0.05, 0) is 12.1 Å². The van der Waals surface area contributed by atoms with Crippen molar-refractivity contribution in [2.45, 2.75) is 6.04 Å². The van der Waals surface area contributed by atoms with Crippen LogP contribution in [-0.2, 0) is 0 Å². The molecule has 0 heterocycles. The van der Waals surface area contributed by atoms with Gasteiger partial charge < -0.3 is 0 Å². The third-order valence-electron chi connectivity index (χ3n) is 2.51. The highest BCUT2D eigenvalue weighted by molar-refractivity contribution is 6.35. The van der Waals surface area contributed by atoms with Gasteiger partial charge in [-0.15, -0.1) is 19.6 Å². The van der Waals surface area contributed by atoms with Crippen LogP contribution in [0.4, 0.5) is 0 Å². The van der Waals surface area contributed by atoms with Crippen molar-refractivity contribution in [2.24, 2.45) is 0 Å². The molecular weight excluding hydrogens is 265 g/mol. The van der Waals surface area contributed by atoms with Crippen molar-refractivity contribution in [2.75, 3.05) is 13.1 Å². The summed E-state index contributed by atoms with van der Waals surface area (Å²) in [5.74, 6) is 2.75. The Morgan fingerprint density at radius 1 is 1.28 bits per heavy atom. The van der Waals surface area contributed by atoms with Crippen molar-refractivity contribution >= 4 is 23.2 Å². The number of benzene rings is 1. The monoisotopic (exact) mass is 279 g/mol. The number of halogens is 2. The van der Waals surface area contributed by atoms with Gasteiger partial charge in [-0.1, -0.05) is 47.3 Å². The van der Waals surface area contributed by atoms with Crippen molar-refractivity contribution in [3.63, 3.8) is 0 Å². The van der Waals surface area contributed by atoms with Crippen LogP contribution in [0, 0.1) is 12.3 Å². The second-order valence-electron chi connectivity index (χ2n) is 3.77. The topological polar surface area (TPSA) is 3.24 Å². The van der Waals surface area contributed by atoms with Gasteiger partial charge in [0.25, 0.3) is 0 Å². The molecule has 1 unspecified atom stereocenters. The Balaban J connectivity index is 3.10. The molecule has 0 spiro atoms. The van der Waals surface area contributed by atoms with Gasteiger partial charge in [-0.3, -0.25) is 4.90 Å². The minimum atomic E-state index is -0.217. The zero-order chi connectivity index (χ0) is 13.5. The molecule has 94 valence electrons. The second kappa shape index (κ2) is 7.28. The highest BCUT2D eigenvalue weighted by atomic mass is 35.5.